The van der Waals surface area contributed by atoms with Gasteiger partial charge in [0.15, 0.2) is 5.60 Å². The maximum absolute atomic E-state index is 10.3. The summed E-state index contributed by atoms with van der Waals surface area (Å²) in [7, 11) is 0. The van der Waals surface area contributed by atoms with Gasteiger partial charge >= 0.3 is 69.3 Å². The fourth-order valence-electron chi connectivity index (χ4n) is 0.714. The molecule has 4 N–H and O–H groups in total. The molecule has 0 spiro atoms. The van der Waals surface area contributed by atoms with Crippen LogP contribution in [0.25, 0.3) is 0 Å². The molecule has 0 aliphatic carbocycles. The first-order valence-corrected chi connectivity index (χ1v) is 3.17. The third-order valence-electron chi connectivity index (χ3n) is 1.29. The van der Waals surface area contributed by atoms with Gasteiger partial charge in [-0.25, -0.2) is 4.79 Å². The molecule has 0 atom stereocenters. The predicted molar refractivity (Wildman–Crippen MR) is 54.2 cm³/mol. The number of carboxylic acids is 3. The van der Waals surface area contributed by atoms with Crippen LogP contribution in [0.15, 0.2) is 0 Å². The summed E-state index contributed by atoms with van der Waals surface area (Å²) in [5.41, 5.74) is -2.74. The zero-order valence-corrected chi connectivity index (χ0v) is 6.43. The van der Waals surface area contributed by atoms with Crippen LogP contribution in [0.1, 0.15) is 12.8 Å². The van der Waals surface area contributed by atoms with Gasteiger partial charge < -0.3 is 20.4 Å². The minimum absolute atomic E-state index is 0. The Kier molecular flexibility index (Phi) is 11.3. The van der Waals surface area contributed by atoms with Crippen molar-refractivity contribution in [2.24, 2.45) is 0 Å². The Morgan fingerprint density at radius 2 is 1.20 bits per heavy atom. The molecule has 0 aromatic heterocycles. The molecule has 82 valence electrons. The number of rotatable bonds is 5. The average Bonchev–Trinajstić information content (AvgIpc) is 1.82. The summed E-state index contributed by atoms with van der Waals surface area (Å²) < 4.78 is 0. The van der Waals surface area contributed by atoms with E-state index in [4.69, 9.17) is 20.4 Å². The summed E-state index contributed by atoms with van der Waals surface area (Å²) >= 11 is 0. The molecular weight excluding hydrogens is 234 g/mol. The van der Waals surface area contributed by atoms with Crippen LogP contribution in [0.5, 0.6) is 0 Å². The molecule has 0 heterocycles. The molecule has 0 fully saturated rings. The number of hydrogen-bond acceptors (Lipinski definition) is 4. The monoisotopic (exact) mass is 246 g/mol. The van der Waals surface area contributed by atoms with Gasteiger partial charge in [-0.15, -0.1) is 0 Å². The molecule has 0 aromatic carbocycles. The van der Waals surface area contributed by atoms with Gasteiger partial charge in [0.2, 0.25) is 0 Å². The Bertz CT molecular complexity index is 238. The van der Waals surface area contributed by atoms with Crippen LogP contribution in [-0.4, -0.2) is 104 Å². The van der Waals surface area contributed by atoms with Crippen molar-refractivity contribution in [2.45, 2.75) is 18.4 Å². The number of carboxylic acid groups (broad SMARTS) is 3. The van der Waals surface area contributed by atoms with Crippen molar-refractivity contribution < 1.29 is 34.8 Å². The molecule has 0 saturated heterocycles. The molecule has 0 aliphatic rings. The topological polar surface area (TPSA) is 132 Å². The fourth-order valence-corrected chi connectivity index (χ4v) is 0.714. The summed E-state index contributed by atoms with van der Waals surface area (Å²) in [4.78, 5) is 30.5. The molecule has 0 amide bonds. The molecule has 0 bridgehead atoms. The number of hydrogen-bond donors (Lipinski definition) is 4. The second kappa shape index (κ2) is 8.25. The van der Waals surface area contributed by atoms with Gasteiger partial charge in [-0.05, 0) is 0 Å². The van der Waals surface area contributed by atoms with E-state index in [1.54, 1.807) is 0 Å². The van der Waals surface area contributed by atoms with E-state index in [1.165, 1.54) is 0 Å². The molecule has 7 nitrogen and oxygen atoms in total. The van der Waals surface area contributed by atoms with Gasteiger partial charge in [0, 0.05) is 0 Å². The normalized spacial score (nSPS) is 9.40. The van der Waals surface area contributed by atoms with Crippen molar-refractivity contribution in [3.8, 4) is 0 Å². The van der Waals surface area contributed by atoms with Crippen LogP contribution in [0.3, 0.4) is 0 Å². The van der Waals surface area contributed by atoms with E-state index in [9.17, 15) is 14.4 Å². The van der Waals surface area contributed by atoms with Gasteiger partial charge in [-0.3, -0.25) is 9.59 Å². The van der Waals surface area contributed by atoms with Crippen LogP contribution >= 0.6 is 0 Å². The minimum atomic E-state index is -2.74. The maximum atomic E-state index is 10.3. The zero-order chi connectivity index (χ0) is 10.6. The summed E-state index contributed by atoms with van der Waals surface area (Å²) in [5.74, 6) is -5.02. The SMILES string of the molecule is B.O=C(O)CC(O)(CC(=O)O)C(=O)O.[KH]. The van der Waals surface area contributed by atoms with Crippen molar-refractivity contribution in [2.75, 3.05) is 0 Å². The molecule has 0 radical (unpaired) electrons. The van der Waals surface area contributed by atoms with Crippen molar-refractivity contribution >= 4 is 77.7 Å². The van der Waals surface area contributed by atoms with Crippen molar-refractivity contribution in [1.29, 1.82) is 0 Å². The van der Waals surface area contributed by atoms with Crippen molar-refractivity contribution in [3.05, 3.63) is 0 Å². The Balaban J connectivity index is -0.000000720. The number of aliphatic hydroxyl groups is 1. The van der Waals surface area contributed by atoms with Crippen LogP contribution in [0.4, 0.5) is 0 Å². The summed E-state index contributed by atoms with van der Waals surface area (Å²) in [6, 6.07) is 0. The van der Waals surface area contributed by atoms with Gasteiger partial charge in [0.1, 0.15) is 0 Å². The van der Waals surface area contributed by atoms with Gasteiger partial charge in [0.05, 0.1) is 21.3 Å². The third kappa shape index (κ3) is 7.94. The zero-order valence-electron chi connectivity index (χ0n) is 6.43. The molecule has 0 aliphatic heterocycles. The molecule has 0 saturated carbocycles. The Hall–Kier alpha value is 0.0713. The standard InChI is InChI=1S/C6H8O7.BH3.K.H/c7-3(8)1-6(13,5(11)12)2-4(9)10;;;/h13H,1-2H2,(H,7,8)(H,9,10)(H,11,12);1H3;;. The quantitative estimate of drug-likeness (QED) is 0.378. The summed E-state index contributed by atoms with van der Waals surface area (Å²) in [6.45, 7) is 0. The molecule has 0 aromatic rings. The van der Waals surface area contributed by atoms with Crippen LogP contribution < -0.4 is 0 Å². The average molecular weight is 246 g/mol. The number of aliphatic carboxylic acids is 3. The van der Waals surface area contributed by atoms with E-state index in [2.05, 4.69) is 0 Å². The first kappa shape index (κ1) is 20.5. The van der Waals surface area contributed by atoms with E-state index in [0.29, 0.717) is 0 Å². The second-order valence-electron chi connectivity index (χ2n) is 2.48. The van der Waals surface area contributed by atoms with Crippen molar-refractivity contribution in [1.82, 2.24) is 0 Å². The Morgan fingerprint density at radius 1 is 0.933 bits per heavy atom. The molecule has 0 rings (SSSR count). The fraction of sp³-hybridized carbons (Fsp3) is 0.500. The third-order valence-corrected chi connectivity index (χ3v) is 1.29. The van der Waals surface area contributed by atoms with E-state index in [-0.39, 0.29) is 59.8 Å². The van der Waals surface area contributed by atoms with E-state index >= 15 is 0 Å². The molecule has 9 heteroatoms. The van der Waals surface area contributed by atoms with Gasteiger partial charge in [-0.2, -0.15) is 0 Å². The predicted octanol–water partition coefficient (Wildman–Crippen LogP) is -3.08. The summed E-state index contributed by atoms with van der Waals surface area (Å²) in [6.07, 6.45) is -2.29. The van der Waals surface area contributed by atoms with E-state index in [1.807, 2.05) is 0 Å². The summed E-state index contributed by atoms with van der Waals surface area (Å²) in [5, 5.41) is 33.8. The first-order chi connectivity index (χ1) is 5.78. The van der Waals surface area contributed by atoms with E-state index in [0.717, 1.165) is 0 Å². The molecule has 15 heavy (non-hydrogen) atoms. The molecular formula is C6H12BKO7. The Labute approximate surface area is 129 Å². The van der Waals surface area contributed by atoms with Gasteiger partial charge in [0.25, 0.3) is 0 Å². The number of carbonyl (C=O) groups is 3. The Morgan fingerprint density at radius 3 is 1.33 bits per heavy atom. The first-order valence-electron chi connectivity index (χ1n) is 3.17. The van der Waals surface area contributed by atoms with E-state index < -0.39 is 36.4 Å². The van der Waals surface area contributed by atoms with Crippen LogP contribution in [0.2, 0.25) is 0 Å². The van der Waals surface area contributed by atoms with Gasteiger partial charge in [-0.1, -0.05) is 0 Å². The van der Waals surface area contributed by atoms with Crippen LogP contribution in [-0.2, 0) is 14.4 Å². The molecule has 0 unspecified atom stereocenters. The second-order valence-corrected chi connectivity index (χ2v) is 2.48. The van der Waals surface area contributed by atoms with Crippen LogP contribution in [0, 0.1) is 0 Å². The van der Waals surface area contributed by atoms with Crippen molar-refractivity contribution in [3.63, 3.8) is 0 Å².